The minimum Gasteiger partial charge on any atom is -0.512 e. The molecule has 124 heavy (non-hydrogen) atoms. The second-order valence-corrected chi connectivity index (χ2v) is 32.6. The predicted octanol–water partition coefficient (Wildman–Crippen LogP) is 29.5. The van der Waals surface area contributed by atoms with E-state index in [-0.39, 0.29) is 100 Å². The molecule has 639 valence electrons. The van der Waals surface area contributed by atoms with Gasteiger partial charge in [-0.25, -0.2) is 0 Å². The quantitative estimate of drug-likeness (QED) is 0.0554. The number of fused-ring (bicyclic) bond motifs is 12. The summed E-state index contributed by atoms with van der Waals surface area (Å²) < 4.78 is 37.6. The van der Waals surface area contributed by atoms with Crippen LogP contribution in [0.5, 0.6) is 0 Å². The Labute approximate surface area is 762 Å². The first-order chi connectivity index (χ1) is 57.8. The molecule has 0 saturated carbocycles. The summed E-state index contributed by atoms with van der Waals surface area (Å²) in [6.45, 7) is 33.0. The number of carbonyl (C=O) groups excluding carboxylic acids is 3. The van der Waals surface area contributed by atoms with Crippen molar-refractivity contribution in [2.75, 3.05) is 0 Å². The minimum atomic E-state index is -0.125. The molecular weight excluding hydrogens is 2080 g/mol. The summed E-state index contributed by atoms with van der Waals surface area (Å²) >= 11 is 0. The van der Waals surface area contributed by atoms with Crippen molar-refractivity contribution in [2.45, 2.75) is 147 Å². The zero-order chi connectivity index (χ0) is 86.3. The molecule has 15 nitrogen and oxygen atoms in total. The molecule has 18 rings (SSSR count). The van der Waals surface area contributed by atoms with Crippen LogP contribution in [0.3, 0.4) is 0 Å². The molecule has 9 heterocycles. The Morgan fingerprint density at radius 1 is 0.347 bits per heavy atom. The van der Waals surface area contributed by atoms with Crippen LogP contribution in [0.4, 0.5) is 0 Å². The second-order valence-electron chi connectivity index (χ2n) is 32.6. The Bertz CT molecular complexity index is 6840. The molecule has 0 aliphatic rings. The van der Waals surface area contributed by atoms with Crippen molar-refractivity contribution in [3.05, 3.63) is 306 Å². The number of allylic oxidation sites excluding steroid dienone is 6. The van der Waals surface area contributed by atoms with E-state index >= 15 is 0 Å². The number of nitrogens with zero attached hydrogens (tertiary/aromatic N) is 3. The normalized spacial score (nSPS) is 11.7. The van der Waals surface area contributed by atoms with E-state index in [4.69, 9.17) is 56.8 Å². The van der Waals surface area contributed by atoms with Crippen LogP contribution in [0.15, 0.2) is 287 Å². The van der Waals surface area contributed by atoms with Crippen LogP contribution in [0.25, 0.3) is 166 Å². The van der Waals surface area contributed by atoms with Crippen LogP contribution >= 0.6 is 0 Å². The number of aliphatic hydroxyl groups is 3. The molecule has 0 amide bonds. The SMILES string of the molecule is CC(=O)C=C(C)O.CC(=O)C=C(C)O.CC(=O)C=C(C)O.CC(C)(C)c1ccc(-c2cc3cnc(-c4[c-]ccc5c4oc4ccccc45)cc3o2)cc1.CC(C)c1cc(-c2cc3cnc(-c4[c-]ccc5c4oc4ccccc45)cc3o2)cc(C(C)C)c1.CC(C)c1cccc(C(C)C)c1-c1cc2cnc(-c3[c-]ccc4c3oc3ccccc34)cc2o1.[Ir].[Ir].[Ir]. The molecule has 0 saturated heterocycles. The van der Waals surface area contributed by atoms with Gasteiger partial charge in [0.05, 0.1) is 34.0 Å². The van der Waals surface area contributed by atoms with Gasteiger partial charge in [0.2, 0.25) is 0 Å². The van der Waals surface area contributed by atoms with E-state index in [0.29, 0.717) is 23.7 Å². The number of carbonyl (C=O) groups is 3. The van der Waals surface area contributed by atoms with E-state index in [0.717, 1.165) is 161 Å². The molecule has 18 heteroatoms. The number of aliphatic hydroxyl groups excluding tert-OH is 3. The van der Waals surface area contributed by atoms with Gasteiger partial charge in [-0.2, -0.15) is 0 Å². The van der Waals surface area contributed by atoms with Gasteiger partial charge in [-0.1, -0.05) is 212 Å². The summed E-state index contributed by atoms with van der Waals surface area (Å²) in [4.78, 5) is 44.3. The molecule has 3 radical (unpaired) electrons. The average molecular weight is 2180 g/mol. The van der Waals surface area contributed by atoms with E-state index in [1.165, 1.54) is 93.2 Å². The second kappa shape index (κ2) is 41.0. The maximum atomic E-state index is 10.0. The van der Waals surface area contributed by atoms with Crippen LogP contribution in [0.2, 0.25) is 0 Å². The number of hydrogen-bond acceptors (Lipinski definition) is 15. The molecule has 18 aromatic rings. The number of pyridine rings is 3. The number of hydrogen-bond donors (Lipinski definition) is 3. The van der Waals surface area contributed by atoms with Crippen molar-refractivity contribution >= 4 is 116 Å². The van der Waals surface area contributed by atoms with Crippen LogP contribution in [-0.2, 0) is 80.1 Å². The van der Waals surface area contributed by atoms with Crippen LogP contribution in [-0.4, -0.2) is 47.6 Å². The third-order valence-electron chi connectivity index (χ3n) is 20.5. The maximum Gasteiger partial charge on any atom is 0.155 e. The number of furan rings is 6. The molecule has 0 atom stereocenters. The molecule has 0 unspecified atom stereocenters. The van der Waals surface area contributed by atoms with Gasteiger partial charge in [-0.05, 0) is 182 Å². The summed E-state index contributed by atoms with van der Waals surface area (Å²) in [5, 5.41) is 34.5. The van der Waals surface area contributed by atoms with E-state index in [9.17, 15) is 14.4 Å². The summed E-state index contributed by atoms with van der Waals surface area (Å²) in [6, 6.07) is 80.3. The molecule has 0 bridgehead atoms. The van der Waals surface area contributed by atoms with E-state index in [1.807, 2.05) is 134 Å². The third kappa shape index (κ3) is 22.0. The Hall–Kier alpha value is -12.0. The number of ketones is 3. The summed E-state index contributed by atoms with van der Waals surface area (Å²) in [6.07, 6.45) is 9.12. The monoisotopic (exact) mass is 2180 g/mol. The summed E-state index contributed by atoms with van der Waals surface area (Å²) in [5.41, 5.74) is 22.4. The third-order valence-corrected chi connectivity index (χ3v) is 20.5. The average Bonchev–Trinajstić information content (AvgIpc) is 1.62. The Morgan fingerprint density at radius 3 is 0.976 bits per heavy atom. The van der Waals surface area contributed by atoms with Gasteiger partial charge in [0.25, 0.3) is 0 Å². The van der Waals surface area contributed by atoms with Gasteiger partial charge >= 0.3 is 0 Å². The molecule has 9 aromatic heterocycles. The molecule has 0 fully saturated rings. The molecule has 0 aliphatic carbocycles. The Kier molecular flexibility index (Phi) is 31.2. The van der Waals surface area contributed by atoms with Crippen molar-refractivity contribution in [2.24, 2.45) is 0 Å². The zero-order valence-electron chi connectivity index (χ0n) is 72.3. The van der Waals surface area contributed by atoms with Crippen molar-refractivity contribution in [3.63, 3.8) is 0 Å². The molecule has 0 aliphatic heterocycles. The van der Waals surface area contributed by atoms with Crippen molar-refractivity contribution in [1.82, 2.24) is 15.0 Å². The first-order valence-electron chi connectivity index (χ1n) is 40.5. The summed E-state index contributed by atoms with van der Waals surface area (Å²) in [5.74, 6) is 4.12. The van der Waals surface area contributed by atoms with E-state index < -0.39 is 0 Å². The van der Waals surface area contributed by atoms with Gasteiger partial charge in [0, 0.05) is 146 Å². The summed E-state index contributed by atoms with van der Waals surface area (Å²) in [7, 11) is 0. The van der Waals surface area contributed by atoms with E-state index in [2.05, 4.69) is 185 Å². The largest absolute Gasteiger partial charge is 0.512 e. The first-order valence-corrected chi connectivity index (χ1v) is 40.5. The Balaban J connectivity index is 0.000000172. The van der Waals surface area contributed by atoms with Crippen molar-refractivity contribution in [1.29, 1.82) is 0 Å². The van der Waals surface area contributed by atoms with Crippen LogP contribution < -0.4 is 0 Å². The van der Waals surface area contributed by atoms with Crippen molar-refractivity contribution < 1.29 is 117 Å². The fraction of sp³-hybridized carbons (Fsp3) is 0.208. The van der Waals surface area contributed by atoms with Gasteiger partial charge in [0.15, 0.2) is 17.3 Å². The number of benzene rings is 9. The predicted molar refractivity (Wildman–Crippen MR) is 489 cm³/mol. The van der Waals surface area contributed by atoms with Gasteiger partial charge < -0.3 is 56.8 Å². The first kappa shape index (κ1) is 94.3. The molecule has 9 aromatic carbocycles. The van der Waals surface area contributed by atoms with Crippen LogP contribution in [0, 0.1) is 18.2 Å². The van der Waals surface area contributed by atoms with E-state index in [1.54, 1.807) is 0 Å². The number of aromatic nitrogens is 3. The van der Waals surface area contributed by atoms with Crippen LogP contribution in [0.1, 0.15) is 169 Å². The standard InChI is InChI=1S/2C31H26NO2.C29H22NO2.3C5H8O2.3Ir/c1-18(2)21-10-7-11-22(19(3)4)30(21)29-15-20-17-32-26(16-28(20)33-29)25-13-8-12-24-23-9-5-6-14-27(23)34-31(24)25;1-18(2)20-12-21(19(3)4)14-22(13-20)29-15-23-17-32-27(16-30(23)33-29)26-10-7-9-25-24-8-5-6-11-28(24)34-31(25)26;1-29(2,3)20-13-11-18(12-14-20)26-15-19-17-30-24(16-27(19)31-26)23-9-6-8-22-21-7-4-5-10-25(21)32-28(22)23;3*1-4(6)3-5(2)7;;;/h5-12,14-19H,1-4H3;5-9,11-19H,1-4H3;4-8,10-17H,1-3H3;3*3,6H,1-2H3;;;/q3*-1;;;;;;. The maximum absolute atomic E-state index is 10.0. The minimum absolute atomic E-state index is 0. The smallest absolute Gasteiger partial charge is 0.155 e. The molecule has 3 N–H and O–H groups in total. The van der Waals surface area contributed by atoms with Gasteiger partial charge in [-0.3, -0.25) is 14.4 Å². The topological polar surface area (TPSA) is 229 Å². The van der Waals surface area contributed by atoms with Crippen molar-refractivity contribution in [3.8, 4) is 67.7 Å². The number of rotatable bonds is 13. The van der Waals surface area contributed by atoms with Gasteiger partial charge in [-0.15, -0.1) is 54.6 Å². The number of para-hydroxylation sites is 3. The Morgan fingerprint density at radius 2 is 0.669 bits per heavy atom. The molecular formula is C106H98Ir3N3O12-3. The zero-order valence-corrected chi connectivity index (χ0v) is 79.4. The van der Waals surface area contributed by atoms with Gasteiger partial charge in [0.1, 0.15) is 50.8 Å². The fourth-order valence-corrected chi connectivity index (χ4v) is 14.6. The molecule has 0 spiro atoms. The fourth-order valence-electron chi connectivity index (χ4n) is 14.6.